The summed E-state index contributed by atoms with van der Waals surface area (Å²) in [7, 11) is 0. The zero-order valence-corrected chi connectivity index (χ0v) is 13.5. The monoisotopic (exact) mass is 339 g/mol. The highest BCUT2D eigenvalue weighted by atomic mass is 16.4. The van der Waals surface area contributed by atoms with Crippen LogP contribution in [0.3, 0.4) is 0 Å². The Morgan fingerprint density at radius 2 is 1.92 bits per heavy atom. The summed E-state index contributed by atoms with van der Waals surface area (Å²) in [5, 5.41) is 17.2. The lowest BCUT2D eigenvalue weighted by Gasteiger charge is -2.07. The number of nitrogens with zero attached hydrogens (tertiary/aromatic N) is 5. The average molecular weight is 339 g/mol. The molecule has 0 saturated heterocycles. The molecule has 0 spiro atoms. The minimum Gasteiger partial charge on any atom is -0.478 e. The molecule has 0 fully saturated rings. The molecule has 128 valence electrons. The summed E-state index contributed by atoms with van der Waals surface area (Å²) in [6.45, 7) is 2.39. The highest BCUT2D eigenvalue weighted by Crippen LogP contribution is 2.26. The third-order valence-corrected chi connectivity index (χ3v) is 3.70. The van der Waals surface area contributed by atoms with E-state index in [2.05, 4.69) is 20.3 Å². The highest BCUT2D eigenvalue weighted by Gasteiger charge is 2.16. The lowest BCUT2D eigenvalue weighted by atomic mass is 10.1. The van der Waals surface area contributed by atoms with Crippen molar-refractivity contribution in [1.29, 1.82) is 0 Å². The van der Waals surface area contributed by atoms with Gasteiger partial charge in [-0.1, -0.05) is 24.3 Å². The van der Waals surface area contributed by atoms with Gasteiger partial charge in [-0.3, -0.25) is 0 Å². The largest absolute Gasteiger partial charge is 0.478 e. The van der Waals surface area contributed by atoms with E-state index in [4.69, 9.17) is 16.6 Å². The smallest absolute Gasteiger partial charge is 0.335 e. The van der Waals surface area contributed by atoms with Gasteiger partial charge in [0, 0.05) is 0 Å². The summed E-state index contributed by atoms with van der Waals surface area (Å²) in [5.74, 6) is -0.563. The highest BCUT2D eigenvalue weighted by molar-refractivity contribution is 5.87. The number of carboxylic acids is 1. The Hall–Kier alpha value is -3.49. The summed E-state index contributed by atoms with van der Waals surface area (Å²) in [4.78, 5) is 19.1. The summed E-state index contributed by atoms with van der Waals surface area (Å²) in [6.07, 6.45) is 2.38. The third kappa shape index (κ3) is 3.39. The predicted molar refractivity (Wildman–Crippen MR) is 91.8 cm³/mol. The van der Waals surface area contributed by atoms with Crippen LogP contribution >= 0.6 is 0 Å². The van der Waals surface area contributed by atoms with Crippen LogP contribution in [-0.2, 0) is 13.0 Å². The van der Waals surface area contributed by atoms with Crippen molar-refractivity contribution in [2.75, 3.05) is 11.5 Å². The number of anilines is 2. The summed E-state index contributed by atoms with van der Waals surface area (Å²) in [6, 6.07) is 6.58. The van der Waals surface area contributed by atoms with Crippen LogP contribution in [-0.4, -0.2) is 36.0 Å². The standard InChI is InChI=1S/C16H17N7O2/c1-2-11-13(14(17)20-16(18)19-11)12-8-23(22-21-12)7-9-3-5-10(6-4-9)15(24)25/h3-6,8H,2,7H2,1H3,(H,24,25)(H4,17,18,19,20). The van der Waals surface area contributed by atoms with Crippen LogP contribution in [0.5, 0.6) is 0 Å². The van der Waals surface area contributed by atoms with Gasteiger partial charge in [0.1, 0.15) is 11.5 Å². The average Bonchev–Trinajstić information content (AvgIpc) is 3.02. The van der Waals surface area contributed by atoms with Gasteiger partial charge in [0.2, 0.25) is 5.95 Å². The SMILES string of the molecule is CCc1nc(N)nc(N)c1-c1cn(Cc2ccc(C(=O)O)cc2)nn1. The van der Waals surface area contributed by atoms with Crippen LogP contribution in [0.4, 0.5) is 11.8 Å². The van der Waals surface area contributed by atoms with E-state index in [9.17, 15) is 4.79 Å². The first kappa shape index (κ1) is 16.4. The molecule has 0 saturated carbocycles. The van der Waals surface area contributed by atoms with Crippen LogP contribution in [0.1, 0.15) is 28.5 Å². The number of nitrogen functional groups attached to an aromatic ring is 2. The van der Waals surface area contributed by atoms with Crippen LogP contribution < -0.4 is 11.5 Å². The van der Waals surface area contributed by atoms with Crippen molar-refractivity contribution in [1.82, 2.24) is 25.0 Å². The molecule has 0 aliphatic rings. The number of aromatic nitrogens is 5. The normalized spacial score (nSPS) is 10.8. The number of carbonyl (C=O) groups is 1. The van der Waals surface area contributed by atoms with E-state index in [-0.39, 0.29) is 17.3 Å². The molecule has 3 rings (SSSR count). The molecule has 2 aromatic heterocycles. The van der Waals surface area contributed by atoms with E-state index in [1.807, 2.05) is 6.92 Å². The number of aromatic carboxylic acids is 1. The van der Waals surface area contributed by atoms with Gasteiger partial charge in [0.25, 0.3) is 0 Å². The van der Waals surface area contributed by atoms with Crippen LogP contribution in [0.25, 0.3) is 11.3 Å². The van der Waals surface area contributed by atoms with Crippen LogP contribution in [0.15, 0.2) is 30.5 Å². The molecule has 9 heteroatoms. The zero-order chi connectivity index (χ0) is 18.0. The number of benzene rings is 1. The fourth-order valence-electron chi connectivity index (χ4n) is 2.51. The number of nitrogens with two attached hydrogens (primary N) is 2. The Bertz CT molecular complexity index is 919. The molecule has 1 aromatic carbocycles. The Labute approximate surface area is 143 Å². The Morgan fingerprint density at radius 3 is 2.56 bits per heavy atom. The molecule has 0 aliphatic heterocycles. The van der Waals surface area contributed by atoms with Crippen molar-refractivity contribution in [3.63, 3.8) is 0 Å². The molecule has 9 nitrogen and oxygen atoms in total. The third-order valence-electron chi connectivity index (χ3n) is 3.70. The summed E-state index contributed by atoms with van der Waals surface area (Å²) in [5.41, 5.74) is 14.7. The van der Waals surface area contributed by atoms with Gasteiger partial charge in [-0.15, -0.1) is 5.10 Å². The summed E-state index contributed by atoms with van der Waals surface area (Å²) >= 11 is 0. The lowest BCUT2D eigenvalue weighted by Crippen LogP contribution is -2.06. The molecular formula is C16H17N7O2. The van der Waals surface area contributed by atoms with Crippen LogP contribution in [0, 0.1) is 0 Å². The Balaban J connectivity index is 1.87. The Morgan fingerprint density at radius 1 is 1.20 bits per heavy atom. The van der Waals surface area contributed by atoms with Crippen molar-refractivity contribution in [3.8, 4) is 11.3 Å². The maximum atomic E-state index is 10.9. The van der Waals surface area contributed by atoms with Gasteiger partial charge in [-0.2, -0.15) is 4.98 Å². The van der Waals surface area contributed by atoms with E-state index < -0.39 is 5.97 Å². The van der Waals surface area contributed by atoms with E-state index in [0.29, 0.717) is 29.9 Å². The van der Waals surface area contributed by atoms with Crippen molar-refractivity contribution in [3.05, 3.63) is 47.3 Å². The molecule has 5 N–H and O–H groups in total. The quantitative estimate of drug-likeness (QED) is 0.628. The minimum absolute atomic E-state index is 0.129. The van der Waals surface area contributed by atoms with Gasteiger partial charge < -0.3 is 16.6 Å². The Kier molecular flexibility index (Phi) is 4.29. The molecule has 0 atom stereocenters. The number of rotatable bonds is 5. The molecule has 3 aromatic rings. The van der Waals surface area contributed by atoms with Gasteiger partial charge >= 0.3 is 5.97 Å². The lowest BCUT2D eigenvalue weighted by molar-refractivity contribution is 0.0697. The summed E-state index contributed by atoms with van der Waals surface area (Å²) < 4.78 is 1.64. The molecule has 0 aliphatic carbocycles. The van der Waals surface area contributed by atoms with E-state index in [1.165, 1.54) is 0 Å². The molecular weight excluding hydrogens is 322 g/mol. The second-order valence-electron chi connectivity index (χ2n) is 5.45. The second kappa shape index (κ2) is 6.56. The van der Waals surface area contributed by atoms with E-state index in [0.717, 1.165) is 5.56 Å². The van der Waals surface area contributed by atoms with Gasteiger partial charge in [-0.05, 0) is 24.1 Å². The predicted octanol–water partition coefficient (Wildman–Crippen LogP) is 1.21. The van der Waals surface area contributed by atoms with E-state index in [1.54, 1.807) is 35.1 Å². The van der Waals surface area contributed by atoms with Gasteiger partial charge in [0.05, 0.1) is 29.6 Å². The van der Waals surface area contributed by atoms with Gasteiger partial charge in [0.15, 0.2) is 0 Å². The number of hydrogen-bond acceptors (Lipinski definition) is 7. The molecule has 0 unspecified atom stereocenters. The minimum atomic E-state index is -0.958. The fraction of sp³-hybridized carbons (Fsp3) is 0.188. The van der Waals surface area contributed by atoms with Crippen LogP contribution in [0.2, 0.25) is 0 Å². The molecule has 25 heavy (non-hydrogen) atoms. The number of hydrogen-bond donors (Lipinski definition) is 3. The first-order valence-corrected chi connectivity index (χ1v) is 7.62. The van der Waals surface area contributed by atoms with Gasteiger partial charge in [-0.25, -0.2) is 14.5 Å². The zero-order valence-electron chi connectivity index (χ0n) is 13.5. The maximum absolute atomic E-state index is 10.9. The van der Waals surface area contributed by atoms with Crippen molar-refractivity contribution >= 4 is 17.7 Å². The fourth-order valence-corrected chi connectivity index (χ4v) is 2.51. The van der Waals surface area contributed by atoms with Crippen molar-refractivity contribution in [2.24, 2.45) is 0 Å². The molecule has 2 heterocycles. The first-order chi connectivity index (χ1) is 12.0. The number of carboxylic acid groups (broad SMARTS) is 1. The first-order valence-electron chi connectivity index (χ1n) is 7.62. The van der Waals surface area contributed by atoms with Crippen molar-refractivity contribution in [2.45, 2.75) is 19.9 Å². The number of aryl methyl sites for hydroxylation is 1. The van der Waals surface area contributed by atoms with Crippen molar-refractivity contribution < 1.29 is 9.90 Å². The maximum Gasteiger partial charge on any atom is 0.335 e. The molecule has 0 bridgehead atoms. The second-order valence-corrected chi connectivity index (χ2v) is 5.45. The molecule has 0 amide bonds. The van der Waals surface area contributed by atoms with E-state index >= 15 is 0 Å². The molecule has 0 radical (unpaired) electrons. The topological polar surface area (TPSA) is 146 Å².